The first-order valence-electron chi connectivity index (χ1n) is 11.5. The number of ether oxygens (including phenoxy) is 1. The fraction of sp³-hybridized carbons (Fsp3) is 0.652. The number of amides is 2. The van der Waals surface area contributed by atoms with Crippen molar-refractivity contribution in [2.24, 2.45) is 11.8 Å². The van der Waals surface area contributed by atoms with E-state index in [1.54, 1.807) is 6.07 Å². The van der Waals surface area contributed by atoms with E-state index in [1.165, 1.54) is 24.1 Å². The molecule has 0 bridgehead atoms. The fourth-order valence-electron chi connectivity index (χ4n) is 3.48. The van der Waals surface area contributed by atoms with Gasteiger partial charge >= 0.3 is 6.03 Å². The quantitative estimate of drug-likeness (QED) is 0.293. The van der Waals surface area contributed by atoms with Crippen LogP contribution in [0.25, 0.3) is 0 Å². The molecule has 33 heavy (non-hydrogen) atoms. The van der Waals surface area contributed by atoms with Gasteiger partial charge in [-0.05, 0) is 55.2 Å². The number of benzene rings is 1. The molecule has 1 aromatic carbocycles. The molecule has 0 saturated heterocycles. The minimum atomic E-state index is -3.61. The molecule has 1 unspecified atom stereocenters. The van der Waals surface area contributed by atoms with Gasteiger partial charge in [0.25, 0.3) is 0 Å². The number of sulfonamides is 1. The molecule has 2 N–H and O–H groups in total. The van der Waals surface area contributed by atoms with Crippen LogP contribution in [0.5, 0.6) is 5.75 Å². The first kappa shape index (κ1) is 27.0. The lowest BCUT2D eigenvalue weighted by molar-refractivity contribution is -0.108. The van der Waals surface area contributed by atoms with Crippen molar-refractivity contribution in [2.75, 3.05) is 32.5 Å². The highest BCUT2D eigenvalue weighted by molar-refractivity contribution is 7.89. The first-order valence-corrected chi connectivity index (χ1v) is 13.1. The van der Waals surface area contributed by atoms with Crippen LogP contribution in [-0.2, 0) is 14.8 Å². The second-order valence-electron chi connectivity index (χ2n) is 8.86. The number of rotatable bonds is 15. The van der Waals surface area contributed by atoms with Crippen LogP contribution in [-0.4, -0.2) is 58.1 Å². The number of unbranched alkanes of at least 4 members (excludes halogenated alkanes) is 2. The number of carbonyl (C=O) groups is 2. The van der Waals surface area contributed by atoms with Crippen LogP contribution >= 0.6 is 0 Å². The summed E-state index contributed by atoms with van der Waals surface area (Å²) in [5, 5.41) is 2.47. The first-order chi connectivity index (χ1) is 15.6. The normalized spacial score (nSPS) is 14.7. The van der Waals surface area contributed by atoms with Gasteiger partial charge in [-0.3, -0.25) is 0 Å². The molecule has 2 rings (SSSR count). The highest BCUT2D eigenvalue weighted by Crippen LogP contribution is 2.31. The molecule has 0 aliphatic heterocycles. The Morgan fingerprint density at radius 3 is 2.58 bits per heavy atom. The van der Waals surface area contributed by atoms with Crippen molar-refractivity contribution < 1.29 is 27.1 Å². The lowest BCUT2D eigenvalue weighted by atomic mass is 9.97. The molecule has 0 radical (unpaired) electrons. The third-order valence-corrected chi connectivity index (χ3v) is 6.98. The van der Waals surface area contributed by atoms with Gasteiger partial charge in [0.2, 0.25) is 10.0 Å². The molecule has 186 valence electrons. The van der Waals surface area contributed by atoms with Crippen molar-refractivity contribution in [3.8, 4) is 5.75 Å². The number of aldehydes is 1. The summed E-state index contributed by atoms with van der Waals surface area (Å²) < 4.78 is 48.0. The lowest BCUT2D eigenvalue weighted by Gasteiger charge is -2.23. The molecule has 0 aromatic heterocycles. The summed E-state index contributed by atoms with van der Waals surface area (Å²) >= 11 is 0. The van der Waals surface area contributed by atoms with E-state index >= 15 is 0 Å². The largest absolute Gasteiger partial charge is 0.493 e. The summed E-state index contributed by atoms with van der Waals surface area (Å²) in [4.78, 5) is 23.8. The van der Waals surface area contributed by atoms with E-state index in [0.29, 0.717) is 55.9 Å². The monoisotopic (exact) mass is 485 g/mol. The molecule has 10 heteroatoms. The second-order valence-corrected chi connectivity index (χ2v) is 10.7. The van der Waals surface area contributed by atoms with E-state index in [9.17, 15) is 22.4 Å². The zero-order valence-corrected chi connectivity index (χ0v) is 20.5. The Morgan fingerprint density at radius 2 is 1.97 bits per heavy atom. The minimum absolute atomic E-state index is 0.00438. The molecule has 1 aliphatic carbocycles. The standard InChI is InChI=1S/C23H36FN3O5S/c1-17(2)22(19-13-20(24)15-21(14-19)32-16-18-7-8-18)26-33(30,31)12-6-4-5-9-27(10-11-28)23(29)25-3/h11,13-15,17-18,22,26H,4-10,12,16H2,1-3H3,(H,25,29). The zero-order valence-electron chi connectivity index (χ0n) is 19.7. The maximum atomic E-state index is 14.2. The van der Waals surface area contributed by atoms with Crippen molar-refractivity contribution in [3.63, 3.8) is 0 Å². The molecule has 2 amide bonds. The molecule has 1 saturated carbocycles. The van der Waals surface area contributed by atoms with Gasteiger partial charge in [0, 0.05) is 25.7 Å². The molecular formula is C23H36FN3O5S. The van der Waals surface area contributed by atoms with Crippen LogP contribution in [0.4, 0.5) is 9.18 Å². The third-order valence-electron chi connectivity index (χ3n) is 5.55. The summed E-state index contributed by atoms with van der Waals surface area (Å²) in [6.07, 6.45) is 4.47. The summed E-state index contributed by atoms with van der Waals surface area (Å²) in [6.45, 7) is 4.67. The van der Waals surface area contributed by atoms with Gasteiger partial charge in [-0.2, -0.15) is 0 Å². The zero-order chi connectivity index (χ0) is 24.4. The number of halogens is 1. The third kappa shape index (κ3) is 9.67. The fourth-order valence-corrected chi connectivity index (χ4v) is 4.98. The van der Waals surface area contributed by atoms with Crippen LogP contribution in [0, 0.1) is 17.7 Å². The average Bonchev–Trinajstić information content (AvgIpc) is 3.58. The lowest BCUT2D eigenvalue weighted by Crippen LogP contribution is -2.39. The van der Waals surface area contributed by atoms with E-state index in [0.717, 1.165) is 12.8 Å². The maximum Gasteiger partial charge on any atom is 0.317 e. The summed E-state index contributed by atoms with van der Waals surface area (Å²) in [6, 6.07) is 3.46. The highest BCUT2D eigenvalue weighted by Gasteiger charge is 2.25. The average molecular weight is 486 g/mol. The Balaban J connectivity index is 1.91. The molecule has 1 aliphatic rings. The number of carbonyl (C=O) groups excluding carboxylic acids is 2. The van der Waals surface area contributed by atoms with Crippen LogP contribution in [0.2, 0.25) is 0 Å². The van der Waals surface area contributed by atoms with Gasteiger partial charge in [0.05, 0.1) is 18.9 Å². The van der Waals surface area contributed by atoms with E-state index in [4.69, 9.17) is 4.74 Å². The predicted molar refractivity (Wildman–Crippen MR) is 125 cm³/mol. The minimum Gasteiger partial charge on any atom is -0.493 e. The molecule has 0 heterocycles. The molecule has 0 spiro atoms. The van der Waals surface area contributed by atoms with Gasteiger partial charge < -0.3 is 19.7 Å². The molecule has 8 nitrogen and oxygen atoms in total. The summed E-state index contributed by atoms with van der Waals surface area (Å²) in [5.74, 6) is 0.307. The van der Waals surface area contributed by atoms with Crippen LogP contribution in [0.1, 0.15) is 57.6 Å². The van der Waals surface area contributed by atoms with Crippen molar-refractivity contribution in [1.82, 2.24) is 14.9 Å². The van der Waals surface area contributed by atoms with Crippen LogP contribution in [0.3, 0.4) is 0 Å². The smallest absolute Gasteiger partial charge is 0.317 e. The Bertz CT molecular complexity index is 890. The van der Waals surface area contributed by atoms with Gasteiger partial charge in [0.1, 0.15) is 17.9 Å². The number of nitrogens with one attached hydrogen (secondary N) is 2. The van der Waals surface area contributed by atoms with Crippen molar-refractivity contribution in [3.05, 3.63) is 29.6 Å². The Kier molecular flexibility index (Phi) is 10.6. The SMILES string of the molecule is CNC(=O)N(CC=O)CCCCCS(=O)(=O)NC(c1cc(F)cc(OCC2CC2)c1)C(C)C. The Labute approximate surface area is 196 Å². The summed E-state index contributed by atoms with van der Waals surface area (Å²) in [5.41, 5.74) is 0.537. The Morgan fingerprint density at radius 1 is 1.24 bits per heavy atom. The predicted octanol–water partition coefficient (Wildman–Crippen LogP) is 3.24. The van der Waals surface area contributed by atoms with Crippen molar-refractivity contribution in [1.29, 1.82) is 0 Å². The van der Waals surface area contributed by atoms with Gasteiger partial charge in [0.15, 0.2) is 0 Å². The van der Waals surface area contributed by atoms with Gasteiger partial charge in [-0.25, -0.2) is 22.3 Å². The number of hydrogen-bond acceptors (Lipinski definition) is 5. The van der Waals surface area contributed by atoms with E-state index in [-0.39, 0.29) is 24.2 Å². The molecule has 1 atom stereocenters. The highest BCUT2D eigenvalue weighted by atomic mass is 32.2. The molecule has 1 fully saturated rings. The number of nitrogens with zero attached hydrogens (tertiary/aromatic N) is 1. The molecular weight excluding hydrogens is 449 g/mol. The van der Waals surface area contributed by atoms with Crippen molar-refractivity contribution in [2.45, 2.75) is 52.0 Å². The van der Waals surface area contributed by atoms with Crippen molar-refractivity contribution >= 4 is 22.3 Å². The summed E-state index contributed by atoms with van der Waals surface area (Å²) in [7, 11) is -2.12. The van der Waals surface area contributed by atoms with Gasteiger partial charge in [-0.15, -0.1) is 0 Å². The number of hydrogen-bond donors (Lipinski definition) is 2. The van der Waals surface area contributed by atoms with Crippen LogP contribution in [0.15, 0.2) is 18.2 Å². The maximum absolute atomic E-state index is 14.2. The van der Waals surface area contributed by atoms with E-state index in [1.807, 2.05) is 13.8 Å². The second kappa shape index (κ2) is 12.9. The van der Waals surface area contributed by atoms with E-state index < -0.39 is 21.9 Å². The molecule has 1 aromatic rings. The Hall–Kier alpha value is -2.20. The topological polar surface area (TPSA) is 105 Å². The van der Waals surface area contributed by atoms with E-state index in [2.05, 4.69) is 10.0 Å². The van der Waals surface area contributed by atoms with Crippen LogP contribution < -0.4 is 14.8 Å². The number of urea groups is 1. The van der Waals surface area contributed by atoms with Gasteiger partial charge in [-0.1, -0.05) is 20.3 Å².